The van der Waals surface area contributed by atoms with Crippen molar-refractivity contribution in [1.29, 1.82) is 0 Å². The van der Waals surface area contributed by atoms with Crippen LogP contribution in [0.25, 0.3) is 0 Å². The molecule has 1 unspecified atom stereocenters. The second-order valence-corrected chi connectivity index (χ2v) is 4.30. The second kappa shape index (κ2) is 6.56. The molecule has 0 spiro atoms. The van der Waals surface area contributed by atoms with Gasteiger partial charge in [-0.3, -0.25) is 4.98 Å². The van der Waals surface area contributed by atoms with Crippen LogP contribution in [0.1, 0.15) is 18.5 Å². The monoisotopic (exact) mass is 271 g/mol. The van der Waals surface area contributed by atoms with Gasteiger partial charge in [-0.05, 0) is 36.8 Å². The average Bonchev–Trinajstić information content (AvgIpc) is 2.48. The molecular formula is C15H17N3O2. The van der Waals surface area contributed by atoms with E-state index in [2.05, 4.69) is 15.6 Å². The molecule has 0 aliphatic rings. The highest BCUT2D eigenvalue weighted by atomic mass is 16.5. The van der Waals surface area contributed by atoms with E-state index in [1.54, 1.807) is 31.6 Å². The quantitative estimate of drug-likeness (QED) is 0.898. The summed E-state index contributed by atoms with van der Waals surface area (Å²) < 4.78 is 5.19. The number of benzene rings is 1. The number of pyridine rings is 1. The number of carbonyl (C=O) groups is 1. The van der Waals surface area contributed by atoms with E-state index in [1.807, 2.05) is 31.2 Å². The van der Waals surface area contributed by atoms with Crippen molar-refractivity contribution in [2.75, 3.05) is 12.4 Å². The van der Waals surface area contributed by atoms with Crippen LogP contribution in [-0.4, -0.2) is 18.1 Å². The molecule has 1 aromatic carbocycles. The van der Waals surface area contributed by atoms with Gasteiger partial charge < -0.3 is 15.4 Å². The zero-order chi connectivity index (χ0) is 14.4. The number of rotatable bonds is 4. The first-order valence-electron chi connectivity index (χ1n) is 6.31. The molecule has 2 amide bonds. The van der Waals surface area contributed by atoms with Gasteiger partial charge in [0.2, 0.25) is 0 Å². The number of methoxy groups -OCH3 is 1. The molecule has 1 atom stereocenters. The molecule has 0 saturated heterocycles. The number of para-hydroxylation sites is 2. The van der Waals surface area contributed by atoms with E-state index in [1.165, 1.54) is 0 Å². The van der Waals surface area contributed by atoms with Crippen LogP contribution in [-0.2, 0) is 0 Å². The van der Waals surface area contributed by atoms with E-state index >= 15 is 0 Å². The molecule has 0 fully saturated rings. The SMILES string of the molecule is COc1ccccc1NC(=O)NC(C)c1ccncc1. The molecular weight excluding hydrogens is 254 g/mol. The number of amides is 2. The Morgan fingerprint density at radius 1 is 1.20 bits per heavy atom. The number of nitrogens with one attached hydrogen (secondary N) is 2. The predicted octanol–water partition coefficient (Wildman–Crippen LogP) is 2.97. The molecule has 0 bridgehead atoms. The fourth-order valence-electron chi connectivity index (χ4n) is 1.84. The highest BCUT2D eigenvalue weighted by Gasteiger charge is 2.11. The van der Waals surface area contributed by atoms with Gasteiger partial charge in [-0.2, -0.15) is 0 Å². The van der Waals surface area contributed by atoms with Crippen molar-refractivity contribution in [3.8, 4) is 5.75 Å². The van der Waals surface area contributed by atoms with E-state index in [9.17, 15) is 4.79 Å². The van der Waals surface area contributed by atoms with Crippen LogP contribution in [0.2, 0.25) is 0 Å². The maximum Gasteiger partial charge on any atom is 0.319 e. The summed E-state index contributed by atoms with van der Waals surface area (Å²) in [7, 11) is 1.57. The predicted molar refractivity (Wildman–Crippen MR) is 77.8 cm³/mol. The topological polar surface area (TPSA) is 63.2 Å². The standard InChI is InChI=1S/C15H17N3O2/c1-11(12-7-9-16-10-8-12)17-15(19)18-13-5-3-4-6-14(13)20-2/h3-11H,1-2H3,(H2,17,18,19). The van der Waals surface area contributed by atoms with E-state index in [0.717, 1.165) is 5.56 Å². The van der Waals surface area contributed by atoms with Crippen LogP contribution in [0, 0.1) is 0 Å². The van der Waals surface area contributed by atoms with Gasteiger partial charge in [0.05, 0.1) is 18.8 Å². The highest BCUT2D eigenvalue weighted by Crippen LogP contribution is 2.23. The van der Waals surface area contributed by atoms with Crippen molar-refractivity contribution in [2.24, 2.45) is 0 Å². The maximum absolute atomic E-state index is 12.0. The molecule has 5 heteroatoms. The van der Waals surface area contributed by atoms with Crippen molar-refractivity contribution < 1.29 is 9.53 Å². The summed E-state index contributed by atoms with van der Waals surface area (Å²) in [6.07, 6.45) is 3.40. The molecule has 2 aromatic rings. The first-order valence-corrected chi connectivity index (χ1v) is 6.31. The Labute approximate surface area is 118 Å². The third-order valence-corrected chi connectivity index (χ3v) is 2.91. The largest absolute Gasteiger partial charge is 0.495 e. The molecule has 2 rings (SSSR count). The number of urea groups is 1. The molecule has 5 nitrogen and oxygen atoms in total. The zero-order valence-corrected chi connectivity index (χ0v) is 11.5. The number of hydrogen-bond donors (Lipinski definition) is 2. The Hall–Kier alpha value is -2.56. The first-order chi connectivity index (χ1) is 9.70. The first kappa shape index (κ1) is 13.9. The van der Waals surface area contributed by atoms with Gasteiger partial charge in [0, 0.05) is 12.4 Å². The minimum absolute atomic E-state index is 0.104. The molecule has 1 aromatic heterocycles. The number of ether oxygens (including phenoxy) is 1. The summed E-state index contributed by atoms with van der Waals surface area (Å²) >= 11 is 0. The summed E-state index contributed by atoms with van der Waals surface area (Å²) in [6.45, 7) is 1.91. The lowest BCUT2D eigenvalue weighted by Crippen LogP contribution is -2.31. The third kappa shape index (κ3) is 3.47. The molecule has 0 aliphatic heterocycles. The molecule has 0 aliphatic carbocycles. The fourth-order valence-corrected chi connectivity index (χ4v) is 1.84. The van der Waals surface area contributed by atoms with Crippen LogP contribution >= 0.6 is 0 Å². The van der Waals surface area contributed by atoms with Crippen molar-refractivity contribution in [3.05, 3.63) is 54.4 Å². The average molecular weight is 271 g/mol. The zero-order valence-electron chi connectivity index (χ0n) is 11.5. The van der Waals surface area contributed by atoms with Crippen LogP contribution in [0.15, 0.2) is 48.8 Å². The minimum Gasteiger partial charge on any atom is -0.495 e. The lowest BCUT2D eigenvalue weighted by Gasteiger charge is -2.16. The van der Waals surface area contributed by atoms with Gasteiger partial charge in [-0.15, -0.1) is 0 Å². The van der Waals surface area contributed by atoms with E-state index in [4.69, 9.17) is 4.74 Å². The minimum atomic E-state index is -0.279. The van der Waals surface area contributed by atoms with Crippen molar-refractivity contribution >= 4 is 11.7 Å². The second-order valence-electron chi connectivity index (χ2n) is 4.30. The van der Waals surface area contributed by atoms with Gasteiger partial charge in [0.25, 0.3) is 0 Å². The summed E-state index contributed by atoms with van der Waals surface area (Å²) in [6, 6.07) is 10.6. The van der Waals surface area contributed by atoms with Crippen molar-refractivity contribution in [3.63, 3.8) is 0 Å². The summed E-state index contributed by atoms with van der Waals surface area (Å²) in [5.74, 6) is 0.624. The van der Waals surface area contributed by atoms with Crippen LogP contribution in [0.5, 0.6) is 5.75 Å². The number of carbonyl (C=O) groups excluding carboxylic acids is 1. The van der Waals surface area contributed by atoms with Gasteiger partial charge in [-0.1, -0.05) is 12.1 Å². The molecule has 0 saturated carbocycles. The van der Waals surface area contributed by atoms with Crippen molar-refractivity contribution in [2.45, 2.75) is 13.0 Å². The Bertz CT molecular complexity index is 572. The maximum atomic E-state index is 12.0. The summed E-state index contributed by atoms with van der Waals surface area (Å²) in [4.78, 5) is 15.9. The summed E-state index contributed by atoms with van der Waals surface area (Å²) in [5.41, 5.74) is 1.63. The number of hydrogen-bond acceptors (Lipinski definition) is 3. The number of anilines is 1. The molecule has 2 N–H and O–H groups in total. The van der Waals surface area contributed by atoms with Crippen LogP contribution in [0.4, 0.5) is 10.5 Å². The fraction of sp³-hybridized carbons (Fsp3) is 0.200. The molecule has 20 heavy (non-hydrogen) atoms. The van der Waals surface area contributed by atoms with E-state index < -0.39 is 0 Å². The Morgan fingerprint density at radius 3 is 2.60 bits per heavy atom. The highest BCUT2D eigenvalue weighted by molar-refractivity contribution is 5.91. The molecule has 104 valence electrons. The van der Waals surface area contributed by atoms with Crippen LogP contribution < -0.4 is 15.4 Å². The van der Waals surface area contributed by atoms with Crippen LogP contribution in [0.3, 0.4) is 0 Å². The Balaban J connectivity index is 1.99. The van der Waals surface area contributed by atoms with Gasteiger partial charge >= 0.3 is 6.03 Å². The van der Waals surface area contributed by atoms with Gasteiger partial charge in [-0.25, -0.2) is 4.79 Å². The Kier molecular flexibility index (Phi) is 4.55. The number of nitrogens with zero attached hydrogens (tertiary/aromatic N) is 1. The number of aromatic nitrogens is 1. The lowest BCUT2D eigenvalue weighted by molar-refractivity contribution is 0.249. The molecule has 1 heterocycles. The van der Waals surface area contributed by atoms with Gasteiger partial charge in [0.1, 0.15) is 5.75 Å². The normalized spacial score (nSPS) is 11.5. The van der Waals surface area contributed by atoms with Crippen molar-refractivity contribution in [1.82, 2.24) is 10.3 Å². The van der Waals surface area contributed by atoms with E-state index in [-0.39, 0.29) is 12.1 Å². The van der Waals surface area contributed by atoms with Gasteiger partial charge in [0.15, 0.2) is 0 Å². The Morgan fingerprint density at radius 2 is 1.90 bits per heavy atom. The summed E-state index contributed by atoms with van der Waals surface area (Å²) in [5, 5.41) is 5.63. The smallest absolute Gasteiger partial charge is 0.319 e. The third-order valence-electron chi connectivity index (χ3n) is 2.91. The van der Waals surface area contributed by atoms with E-state index in [0.29, 0.717) is 11.4 Å². The molecule has 0 radical (unpaired) electrons. The lowest BCUT2D eigenvalue weighted by atomic mass is 10.1.